The fourth-order valence-corrected chi connectivity index (χ4v) is 22.2. The van der Waals surface area contributed by atoms with Crippen LogP contribution in [0.15, 0.2) is 89.9 Å². The van der Waals surface area contributed by atoms with Gasteiger partial charge in [-0.2, -0.15) is 4.98 Å². The molecule has 0 bridgehead atoms. The quantitative estimate of drug-likeness (QED) is 0.0138. The molecule has 13 N–H and O–H groups in total. The van der Waals surface area contributed by atoms with E-state index in [1.54, 1.807) is 6.92 Å². The van der Waals surface area contributed by atoms with Crippen LogP contribution in [-0.2, 0) is 163 Å². The number of nitrogens with two attached hydrogens (primary N) is 1. The lowest BCUT2D eigenvalue weighted by Gasteiger charge is -2.30. The van der Waals surface area contributed by atoms with Crippen molar-refractivity contribution in [3.63, 3.8) is 0 Å². The summed E-state index contributed by atoms with van der Waals surface area (Å²) in [6.45, 7) is -15.7. The molecular weight excluding hydrogens is 2010 g/mol. The van der Waals surface area contributed by atoms with Crippen LogP contribution in [0, 0.1) is 41.5 Å². The number of hydrogen-bond donors (Lipinski definition) is 12. The molecule has 55 nitrogen and oxygen atoms in total. The highest BCUT2D eigenvalue weighted by atomic mass is 32.5. The second-order valence-corrected chi connectivity index (χ2v) is 44.5. The molecule has 6 aromatic rings. The average Bonchev–Trinajstić information content (AvgIpc) is 1.64. The van der Waals surface area contributed by atoms with Crippen LogP contribution < -0.4 is 67.7 Å². The molecule has 27 atom stereocenters. The highest BCUT2D eigenvalue weighted by Crippen LogP contribution is 2.57. The SMILES string of the molecule is CC[C@H]1O[C@@H](n2cc(C)c(=O)[nH]c2=O)CC1OP(O)(=S)OC[C@H]1O[C@@H](n2cc(C)c(=O)[nH]c2=O)CC1OP(O)(=S)OC[C@H]1O[C@@H](n2cc(C)c(=O)[nH]c2=O)[C@@H](OCCOC)C1OP(=O)(O)OC[C@H]1O[C@@H](n2cc(C)c(=O)[nH]c2=O)[C@@H](OCCOC)C1OP(O)(=S)OC[C@H]1O[C@@H](n2cc(C)c(N)nc2=O)[C@@H](OCCOC)C1OP(O)(=S)OC[C@H]1O[C@@H](n2cc(C)c(=O)[nH]c2=O)[C@@H](OCCOC)C1O. The molecule has 0 radical (unpaired) electrons. The van der Waals surface area contributed by atoms with Crippen molar-refractivity contribution in [3.8, 4) is 0 Å². The predicted molar refractivity (Wildman–Crippen MR) is 483 cm³/mol. The third-order valence-corrected chi connectivity index (χ3v) is 29.5. The first kappa shape index (κ1) is 110. The number of anilines is 1. The number of H-pyrrole nitrogens is 5. The van der Waals surface area contributed by atoms with E-state index in [0.29, 0.717) is 0 Å². The van der Waals surface area contributed by atoms with E-state index in [1.807, 2.05) is 0 Å². The van der Waals surface area contributed by atoms with Gasteiger partial charge in [0.15, 0.2) is 24.9 Å². The summed E-state index contributed by atoms with van der Waals surface area (Å²) in [4.78, 5) is 220. The Balaban J connectivity index is 0.825. The molecule has 6 aliphatic rings. The van der Waals surface area contributed by atoms with Crippen LogP contribution in [0.5, 0.6) is 0 Å². The third-order valence-electron chi connectivity index (χ3n) is 22.3. The van der Waals surface area contributed by atoms with E-state index in [0.717, 1.165) is 39.8 Å². The Morgan fingerprint density at radius 1 is 0.372 bits per heavy atom. The zero-order valence-electron chi connectivity index (χ0n) is 74.9. The molecule has 64 heteroatoms. The highest BCUT2D eigenvalue weighted by Gasteiger charge is 2.57. The number of nitrogen functional groups attached to an aromatic ring is 1. The Morgan fingerprint density at radius 2 is 0.657 bits per heavy atom. The van der Waals surface area contributed by atoms with Gasteiger partial charge in [0.05, 0.1) is 104 Å². The van der Waals surface area contributed by atoms with Crippen molar-refractivity contribution in [2.75, 3.05) is 120 Å². The molecule has 6 saturated heterocycles. The molecule has 6 fully saturated rings. The number of aliphatic hydroxyl groups excluding tert-OH is 1. The van der Waals surface area contributed by atoms with Crippen LogP contribution in [0.3, 0.4) is 0 Å². The number of hydrogen-bond acceptors (Lipinski definition) is 43. The van der Waals surface area contributed by atoms with Gasteiger partial charge in [0.2, 0.25) is 0 Å². The molecule has 137 heavy (non-hydrogen) atoms. The fourth-order valence-electron chi connectivity index (χ4n) is 15.4. The van der Waals surface area contributed by atoms with Crippen molar-refractivity contribution in [1.29, 1.82) is 0 Å². The molecule has 764 valence electrons. The first-order valence-corrected chi connectivity index (χ1v) is 53.8. The Morgan fingerprint density at radius 3 is 1.03 bits per heavy atom. The number of aromatic nitrogens is 12. The minimum Gasteiger partial charge on any atom is -0.387 e. The molecule has 0 aliphatic carbocycles. The number of aliphatic hydroxyl groups is 1. The van der Waals surface area contributed by atoms with Crippen LogP contribution in [0.4, 0.5) is 5.82 Å². The van der Waals surface area contributed by atoms with Crippen LogP contribution in [0.2, 0.25) is 0 Å². The van der Waals surface area contributed by atoms with Gasteiger partial charge in [-0.05, 0) is 95.2 Å². The largest absolute Gasteiger partial charge is 0.472 e. The van der Waals surface area contributed by atoms with E-state index >= 15 is 4.57 Å². The maximum absolute atomic E-state index is 15.2. The zero-order chi connectivity index (χ0) is 99.8. The maximum Gasteiger partial charge on any atom is 0.472 e. The Kier molecular flexibility index (Phi) is 37.6. The summed E-state index contributed by atoms with van der Waals surface area (Å²) in [6, 6.07) is 0. The lowest BCUT2D eigenvalue weighted by Crippen LogP contribution is -2.42. The number of aromatic amines is 5. The molecule has 11 unspecified atom stereocenters. The fraction of sp³-hybridized carbons (Fsp3) is 0.671. The average molecular weight is 2120 g/mol. The Labute approximate surface area is 794 Å². The Hall–Kier alpha value is -6.29. The molecule has 12 rings (SSSR count). The molecule has 6 aliphatic heterocycles. The molecule has 0 saturated carbocycles. The van der Waals surface area contributed by atoms with E-state index in [9.17, 15) is 82.3 Å². The Bertz CT molecular complexity index is 6240. The second kappa shape index (κ2) is 47.0. The van der Waals surface area contributed by atoms with E-state index < -0.39 is 284 Å². The molecular formula is C73H106N13O42P5S4. The number of nitrogens with one attached hydrogen (secondary N) is 5. The van der Waals surface area contributed by atoms with Gasteiger partial charge >= 0.3 is 68.8 Å². The second-order valence-electron chi connectivity index (χ2n) is 31.9. The number of ether oxygens (including phenoxy) is 14. The smallest absolute Gasteiger partial charge is 0.387 e. The van der Waals surface area contributed by atoms with Gasteiger partial charge in [-0.25, -0.2) is 33.3 Å². The number of nitrogens with zero attached hydrogens (tertiary/aromatic N) is 7. The highest BCUT2D eigenvalue weighted by molar-refractivity contribution is 8.08. The van der Waals surface area contributed by atoms with Gasteiger partial charge in [0.25, 0.3) is 27.8 Å². The minimum atomic E-state index is -5.90. The summed E-state index contributed by atoms with van der Waals surface area (Å²) in [6.07, 6.45) is -28.1. The number of phosphoric ester groups is 1. The van der Waals surface area contributed by atoms with Gasteiger partial charge in [0, 0.05) is 112 Å². The summed E-state index contributed by atoms with van der Waals surface area (Å²) in [5, 5.41) is 11.7. The van der Waals surface area contributed by atoms with Crippen molar-refractivity contribution in [2.45, 2.75) is 203 Å². The molecule has 0 aromatic carbocycles. The predicted octanol–water partition coefficient (Wildman–Crippen LogP) is -2.53. The molecule has 12 heterocycles. The van der Waals surface area contributed by atoms with E-state index in [4.69, 9.17) is 165 Å². The van der Waals surface area contributed by atoms with Crippen LogP contribution in [0.25, 0.3) is 0 Å². The zero-order valence-corrected chi connectivity index (χ0v) is 82.7. The first-order chi connectivity index (χ1) is 64.7. The van der Waals surface area contributed by atoms with E-state index in [2.05, 4.69) is 29.9 Å². The first-order valence-electron chi connectivity index (χ1n) is 41.9. The summed E-state index contributed by atoms with van der Waals surface area (Å²) < 4.78 is 165. The van der Waals surface area contributed by atoms with Crippen LogP contribution in [-0.4, -0.2) is 299 Å². The number of methoxy groups -OCH3 is 4. The summed E-state index contributed by atoms with van der Waals surface area (Å²) >= 11 is 22.5. The number of rotatable bonds is 48. The topological polar surface area (TPSA) is 695 Å². The maximum atomic E-state index is 15.2. The van der Waals surface area contributed by atoms with Gasteiger partial charge in [0.1, 0.15) is 97.6 Å². The third kappa shape index (κ3) is 27.2. The molecule has 0 spiro atoms. The van der Waals surface area contributed by atoms with Crippen molar-refractivity contribution >= 4 is 87.7 Å². The van der Waals surface area contributed by atoms with Gasteiger partial charge in [-0.3, -0.25) is 94.4 Å². The lowest BCUT2D eigenvalue weighted by molar-refractivity contribution is -0.0848. The van der Waals surface area contributed by atoms with Gasteiger partial charge in [-0.1, -0.05) is 6.92 Å². The van der Waals surface area contributed by atoms with Crippen molar-refractivity contribution in [1.82, 2.24) is 57.3 Å². The molecule has 0 amide bonds. The van der Waals surface area contributed by atoms with Gasteiger partial charge < -0.3 is 129 Å². The number of aryl methyl sites for hydroxylation is 6. The van der Waals surface area contributed by atoms with E-state index in [-0.39, 0.29) is 91.7 Å². The monoisotopic (exact) mass is 2120 g/mol. The summed E-state index contributed by atoms with van der Waals surface area (Å²) in [7, 11) is -0.594. The van der Waals surface area contributed by atoms with Crippen molar-refractivity contribution in [3.05, 3.63) is 185 Å². The summed E-state index contributed by atoms with van der Waals surface area (Å²) in [5.41, 5.74) is -3.32. The van der Waals surface area contributed by atoms with Crippen LogP contribution in [0.1, 0.15) is 96.9 Å². The molecule has 6 aromatic heterocycles. The van der Waals surface area contributed by atoms with E-state index in [1.165, 1.54) is 94.8 Å². The van der Waals surface area contributed by atoms with Crippen molar-refractivity contribution in [2.24, 2.45) is 0 Å². The standard InChI is InChI=1S/C73H106N13O42P5S4/c1-12-40-41(21-48(118-40)81-24-35(3)59(88)76-69(81)94)124-130(101,134)114-29-43-42(22-49(119-43)82-25-36(4)60(89)77-70(82)95)125-131(102,135)116-32-46-51(55(110-18-14-106-9)65(122-46)85-27-38(6)62(91)79-72(85)97)126-129(99,100)113-31-45-52(56(111-19-15-107-10)67(121-45)86-28-39(7)63(92)80-73(86)98)127-133(104,137)117-33-47-53(57(112-20-16-108-11)66(123-47)83-23-34(2)58(74)75-68(83)93)128-132(103,136)115-30-44-50(87)54(109-17-13-105-8)64(120-44)84-26-37(5)61(90)78-71(84)96/h23-28,40-57,64-67,87H,12-22,29-33H2,1-11H3,(H,99,100)(H,101,134)(H,102,135)(H,103,136)(H,104,137)(H2,74,75,93)(H,76,88,94)(H,77,89,95)(H,78,90,96)(H,79,91,97)(H,80,92,98)/t40-,41?,42?,43-,44-,45-,46-,47-,48-,49-,50?,51?,52?,53?,54+,55+,56+,57+,64-,65-,66-,67-,130?,131?,132?,133?/m1/s1. The van der Waals surface area contributed by atoms with Crippen LogP contribution >= 0.6 is 34.7 Å². The summed E-state index contributed by atoms with van der Waals surface area (Å²) in [5.74, 6) is -0.188. The lowest BCUT2D eigenvalue weighted by atomic mass is 10.1. The minimum absolute atomic E-state index is 0.0127. The number of phosphoric acid groups is 1. The van der Waals surface area contributed by atoms with Crippen molar-refractivity contribution < 1.29 is 146 Å². The normalized spacial score (nSPS) is 29.5. The van der Waals surface area contributed by atoms with Gasteiger partial charge in [-0.15, -0.1) is 0 Å².